The highest BCUT2D eigenvalue weighted by molar-refractivity contribution is 9.10. The number of methoxy groups -OCH3 is 1. The SMILES string of the molecule is CNc1cc(NCc2cc(Br)ccc2OC)ncn1. The summed E-state index contributed by atoms with van der Waals surface area (Å²) in [5.41, 5.74) is 1.06. The molecule has 0 saturated heterocycles. The Morgan fingerprint density at radius 1 is 1.21 bits per heavy atom. The summed E-state index contributed by atoms with van der Waals surface area (Å²) >= 11 is 3.46. The minimum atomic E-state index is 0.628. The van der Waals surface area contributed by atoms with Gasteiger partial charge >= 0.3 is 0 Å². The largest absolute Gasteiger partial charge is 0.496 e. The molecule has 2 N–H and O–H groups in total. The second-order valence-corrected chi connectivity index (χ2v) is 4.76. The third kappa shape index (κ3) is 3.57. The zero-order valence-corrected chi connectivity index (χ0v) is 12.4. The predicted octanol–water partition coefficient (Wildman–Crippen LogP) is 2.90. The molecule has 1 heterocycles. The van der Waals surface area contributed by atoms with Gasteiger partial charge in [0.2, 0.25) is 0 Å². The molecular weight excluding hydrogens is 308 g/mol. The van der Waals surface area contributed by atoms with E-state index in [4.69, 9.17) is 4.74 Å². The first-order valence-corrected chi connectivity index (χ1v) is 6.58. The first-order chi connectivity index (χ1) is 9.22. The quantitative estimate of drug-likeness (QED) is 0.886. The summed E-state index contributed by atoms with van der Waals surface area (Å²) in [7, 11) is 3.49. The van der Waals surface area contributed by atoms with Gasteiger partial charge in [-0.2, -0.15) is 0 Å². The molecular formula is C13H15BrN4O. The van der Waals surface area contributed by atoms with E-state index in [0.29, 0.717) is 6.54 Å². The van der Waals surface area contributed by atoms with Crippen LogP contribution in [0.5, 0.6) is 5.75 Å². The van der Waals surface area contributed by atoms with Crippen molar-refractivity contribution in [2.75, 3.05) is 24.8 Å². The maximum atomic E-state index is 5.33. The highest BCUT2D eigenvalue weighted by Gasteiger charge is 2.04. The van der Waals surface area contributed by atoms with Crippen LogP contribution in [0.3, 0.4) is 0 Å². The zero-order valence-electron chi connectivity index (χ0n) is 10.8. The third-order valence-corrected chi connectivity index (χ3v) is 3.12. The molecule has 0 bridgehead atoms. The molecule has 0 aliphatic carbocycles. The highest BCUT2D eigenvalue weighted by atomic mass is 79.9. The Labute approximate surface area is 120 Å². The Balaban J connectivity index is 2.11. The zero-order chi connectivity index (χ0) is 13.7. The minimum Gasteiger partial charge on any atom is -0.496 e. The van der Waals surface area contributed by atoms with Crippen molar-refractivity contribution in [1.29, 1.82) is 0 Å². The average Bonchev–Trinajstić information content (AvgIpc) is 2.45. The van der Waals surface area contributed by atoms with E-state index in [9.17, 15) is 0 Å². The predicted molar refractivity (Wildman–Crippen MR) is 79.6 cm³/mol. The van der Waals surface area contributed by atoms with Gasteiger partial charge in [0.15, 0.2) is 0 Å². The number of benzene rings is 1. The van der Waals surface area contributed by atoms with Crippen molar-refractivity contribution in [1.82, 2.24) is 9.97 Å². The van der Waals surface area contributed by atoms with Gasteiger partial charge in [0.05, 0.1) is 7.11 Å². The van der Waals surface area contributed by atoms with Crippen LogP contribution in [0.4, 0.5) is 11.6 Å². The maximum Gasteiger partial charge on any atom is 0.131 e. The fourth-order valence-corrected chi connectivity index (χ4v) is 2.07. The summed E-state index contributed by atoms with van der Waals surface area (Å²) < 4.78 is 6.35. The molecule has 0 aliphatic rings. The van der Waals surface area contributed by atoms with Crippen LogP contribution in [-0.2, 0) is 6.54 Å². The number of hydrogen-bond acceptors (Lipinski definition) is 5. The van der Waals surface area contributed by atoms with Crippen LogP contribution < -0.4 is 15.4 Å². The fraction of sp³-hybridized carbons (Fsp3) is 0.231. The van der Waals surface area contributed by atoms with E-state index < -0.39 is 0 Å². The van der Waals surface area contributed by atoms with Crippen LogP contribution in [0.1, 0.15) is 5.56 Å². The van der Waals surface area contributed by atoms with Crippen molar-refractivity contribution in [2.24, 2.45) is 0 Å². The lowest BCUT2D eigenvalue weighted by atomic mass is 10.2. The molecule has 100 valence electrons. The monoisotopic (exact) mass is 322 g/mol. The van der Waals surface area contributed by atoms with E-state index >= 15 is 0 Å². The van der Waals surface area contributed by atoms with E-state index in [-0.39, 0.29) is 0 Å². The number of aromatic nitrogens is 2. The molecule has 0 atom stereocenters. The molecule has 0 aliphatic heterocycles. The number of nitrogens with zero attached hydrogens (tertiary/aromatic N) is 2. The van der Waals surface area contributed by atoms with Crippen molar-refractivity contribution >= 4 is 27.6 Å². The Morgan fingerprint density at radius 2 is 2.00 bits per heavy atom. The first-order valence-electron chi connectivity index (χ1n) is 5.79. The molecule has 0 spiro atoms. The molecule has 2 aromatic rings. The van der Waals surface area contributed by atoms with Gasteiger partial charge < -0.3 is 15.4 Å². The van der Waals surface area contributed by atoms with Crippen LogP contribution in [0.2, 0.25) is 0 Å². The number of rotatable bonds is 5. The van der Waals surface area contributed by atoms with Gasteiger partial charge in [0, 0.05) is 29.7 Å². The van der Waals surface area contributed by atoms with Crippen LogP contribution in [0, 0.1) is 0 Å². The lowest BCUT2D eigenvalue weighted by Crippen LogP contribution is -2.04. The molecule has 1 aromatic carbocycles. The highest BCUT2D eigenvalue weighted by Crippen LogP contribution is 2.23. The van der Waals surface area contributed by atoms with Crippen molar-refractivity contribution in [3.63, 3.8) is 0 Å². The topological polar surface area (TPSA) is 59.1 Å². The number of halogens is 1. The normalized spacial score (nSPS) is 10.1. The van der Waals surface area contributed by atoms with E-state index in [1.807, 2.05) is 31.3 Å². The molecule has 2 rings (SSSR count). The second-order valence-electron chi connectivity index (χ2n) is 3.85. The number of anilines is 2. The van der Waals surface area contributed by atoms with Crippen molar-refractivity contribution < 1.29 is 4.74 Å². The summed E-state index contributed by atoms with van der Waals surface area (Å²) in [4.78, 5) is 8.23. The van der Waals surface area contributed by atoms with E-state index in [0.717, 1.165) is 27.4 Å². The van der Waals surface area contributed by atoms with E-state index in [1.165, 1.54) is 6.33 Å². The van der Waals surface area contributed by atoms with Gasteiger partial charge in [-0.3, -0.25) is 0 Å². The summed E-state index contributed by atoms with van der Waals surface area (Å²) in [5.74, 6) is 2.39. The summed E-state index contributed by atoms with van der Waals surface area (Å²) in [6.07, 6.45) is 1.52. The average molecular weight is 323 g/mol. The standard InChI is InChI=1S/C13H15BrN4O/c1-15-12-6-13(18-8-17-12)16-7-9-5-10(14)3-4-11(9)19-2/h3-6,8H,7H2,1-2H3,(H2,15,16,17,18). The smallest absolute Gasteiger partial charge is 0.131 e. The Hall–Kier alpha value is -1.82. The number of nitrogens with one attached hydrogen (secondary N) is 2. The van der Waals surface area contributed by atoms with Crippen LogP contribution in [0.25, 0.3) is 0 Å². The van der Waals surface area contributed by atoms with Crippen molar-refractivity contribution in [2.45, 2.75) is 6.54 Å². The number of hydrogen-bond donors (Lipinski definition) is 2. The van der Waals surface area contributed by atoms with Gasteiger partial charge in [-0.15, -0.1) is 0 Å². The first kappa shape index (κ1) is 13.6. The van der Waals surface area contributed by atoms with Crippen molar-refractivity contribution in [3.8, 4) is 5.75 Å². The molecule has 6 heteroatoms. The second kappa shape index (κ2) is 6.38. The van der Waals surface area contributed by atoms with E-state index in [1.54, 1.807) is 7.11 Å². The van der Waals surface area contributed by atoms with E-state index in [2.05, 4.69) is 36.5 Å². The third-order valence-electron chi connectivity index (χ3n) is 2.63. The lowest BCUT2D eigenvalue weighted by molar-refractivity contribution is 0.410. The Morgan fingerprint density at radius 3 is 2.74 bits per heavy atom. The van der Waals surface area contributed by atoms with Crippen molar-refractivity contribution in [3.05, 3.63) is 40.6 Å². The van der Waals surface area contributed by atoms with Crippen LogP contribution in [0.15, 0.2) is 35.1 Å². The minimum absolute atomic E-state index is 0.628. The molecule has 19 heavy (non-hydrogen) atoms. The molecule has 0 fully saturated rings. The molecule has 0 unspecified atom stereocenters. The number of ether oxygens (including phenoxy) is 1. The molecule has 1 aromatic heterocycles. The van der Waals surface area contributed by atoms with Crippen LogP contribution in [-0.4, -0.2) is 24.1 Å². The van der Waals surface area contributed by atoms with Gasteiger partial charge in [0.1, 0.15) is 23.7 Å². The van der Waals surface area contributed by atoms with Gasteiger partial charge in [-0.25, -0.2) is 9.97 Å². The summed E-state index contributed by atoms with van der Waals surface area (Å²) in [5, 5.41) is 6.22. The van der Waals surface area contributed by atoms with Gasteiger partial charge in [-0.05, 0) is 18.2 Å². The molecule has 0 saturated carbocycles. The van der Waals surface area contributed by atoms with Gasteiger partial charge in [-0.1, -0.05) is 15.9 Å². The summed E-state index contributed by atoms with van der Waals surface area (Å²) in [6.45, 7) is 0.628. The lowest BCUT2D eigenvalue weighted by Gasteiger charge is -2.11. The Bertz CT molecular complexity index is 562. The summed E-state index contributed by atoms with van der Waals surface area (Å²) in [6, 6.07) is 7.75. The Kier molecular flexibility index (Phi) is 4.57. The van der Waals surface area contributed by atoms with Gasteiger partial charge in [0.25, 0.3) is 0 Å². The van der Waals surface area contributed by atoms with Crippen LogP contribution >= 0.6 is 15.9 Å². The fourth-order valence-electron chi connectivity index (χ4n) is 1.66. The molecule has 0 amide bonds. The molecule has 5 nitrogen and oxygen atoms in total. The molecule has 0 radical (unpaired) electrons. The maximum absolute atomic E-state index is 5.33.